The molecule has 0 aliphatic carbocycles. The first-order chi connectivity index (χ1) is 37.5. The van der Waals surface area contributed by atoms with Gasteiger partial charge in [0.05, 0.1) is 5.58 Å². The average Bonchev–Trinajstić information content (AvgIpc) is 4.15. The zero-order valence-electron chi connectivity index (χ0n) is 51.2. The van der Waals surface area contributed by atoms with Crippen LogP contribution in [0.4, 0.5) is 17.1 Å². The van der Waals surface area contributed by atoms with E-state index in [-0.39, 0.29) is 47.8 Å². The van der Waals surface area contributed by atoms with Crippen molar-refractivity contribution in [2.45, 2.75) is 92.4 Å². The predicted octanol–water partition coefficient (Wildman–Crippen LogP) is 18.7. The number of nitrogens with zero attached hydrogens (tertiary/aromatic N) is 3. The minimum atomic E-state index is -2.54. The number of benzene rings is 8. The van der Waals surface area contributed by atoms with Gasteiger partial charge < -0.3 is 19.6 Å². The van der Waals surface area contributed by atoms with Gasteiger partial charge in [-0.1, -0.05) is 169 Å². The molecule has 0 N–H and O–H groups in total. The first-order valence-electron chi connectivity index (χ1n) is 28.7. The second kappa shape index (κ2) is 19.5. The Balaban J connectivity index is 0.000000205. The van der Waals surface area contributed by atoms with E-state index in [4.69, 9.17) is 24.8 Å². The SMILES string of the molecule is [2H]C([2H])([2H])c1c[c-]c(C2[N-]c3ccccc3N2c2c(C([2H])(C)C)cccc2C([2H])(C)C)cc1.[2H]C([2H])([2H])c1cnc(-c2[c-]ccc3c2oc2ccccc23)cc1-c1cc2ccc(-c3ccc(C(C)(C)C)cc3)cc2cc1C([2H])([2H])[2H].[Ir+3]. The van der Waals surface area contributed by atoms with Crippen molar-refractivity contribution < 1.29 is 39.6 Å². The number of hydrogen-bond donors (Lipinski definition) is 0. The number of fused-ring (bicyclic) bond motifs is 5. The van der Waals surface area contributed by atoms with Crippen molar-refractivity contribution in [1.82, 2.24) is 4.98 Å². The first-order valence-corrected chi connectivity index (χ1v) is 23.2. The maximum atomic E-state index is 8.84. The molecule has 1 aliphatic rings. The number of rotatable bonds is 7. The van der Waals surface area contributed by atoms with Crippen LogP contribution in [-0.2, 0) is 25.5 Å². The van der Waals surface area contributed by atoms with Crippen LogP contribution in [0, 0.1) is 32.7 Å². The molecule has 3 heterocycles. The molecule has 0 bridgehead atoms. The molecule has 2 aromatic heterocycles. The van der Waals surface area contributed by atoms with Crippen LogP contribution in [0.5, 0.6) is 0 Å². The molecule has 11 rings (SSSR count). The molecule has 70 heavy (non-hydrogen) atoms. The summed E-state index contributed by atoms with van der Waals surface area (Å²) in [4.78, 5) is 6.63. The Morgan fingerprint density at radius 3 is 2.13 bits per heavy atom. The van der Waals surface area contributed by atoms with Crippen LogP contribution in [0.3, 0.4) is 0 Å². The van der Waals surface area contributed by atoms with Gasteiger partial charge in [0, 0.05) is 38.0 Å². The molecule has 4 nitrogen and oxygen atoms in total. The Bertz CT molecular complexity index is 3920. The van der Waals surface area contributed by atoms with Crippen LogP contribution in [0.25, 0.3) is 71.5 Å². The molecule has 0 amide bonds. The quantitative estimate of drug-likeness (QED) is 0.149. The van der Waals surface area contributed by atoms with Crippen LogP contribution < -0.4 is 4.90 Å². The summed E-state index contributed by atoms with van der Waals surface area (Å²) in [6.45, 7) is 6.64. The van der Waals surface area contributed by atoms with E-state index in [2.05, 4.69) is 67.1 Å². The maximum Gasteiger partial charge on any atom is 3.00 e. The molecule has 0 saturated carbocycles. The molecule has 8 aromatic carbocycles. The van der Waals surface area contributed by atoms with Crippen LogP contribution in [-0.4, -0.2) is 4.98 Å². The third-order valence-electron chi connectivity index (χ3n) is 13.0. The fourth-order valence-electron chi connectivity index (χ4n) is 9.32. The third-order valence-corrected chi connectivity index (χ3v) is 13.0. The topological polar surface area (TPSA) is 43.4 Å². The Morgan fingerprint density at radius 1 is 0.686 bits per heavy atom. The molecule has 0 radical (unpaired) electrons. The van der Waals surface area contributed by atoms with Gasteiger partial charge in [0.1, 0.15) is 5.58 Å². The van der Waals surface area contributed by atoms with E-state index in [1.54, 1.807) is 36.4 Å². The Hall–Kier alpha value is -6.78. The van der Waals surface area contributed by atoms with E-state index in [9.17, 15) is 0 Å². The van der Waals surface area contributed by atoms with Crippen molar-refractivity contribution in [1.29, 1.82) is 0 Å². The van der Waals surface area contributed by atoms with Gasteiger partial charge in [-0.2, -0.15) is 35.4 Å². The smallest absolute Gasteiger partial charge is 0.661 e. The summed E-state index contributed by atoms with van der Waals surface area (Å²) in [5, 5.41) is 8.33. The van der Waals surface area contributed by atoms with Gasteiger partial charge in [-0.25, -0.2) is 0 Å². The van der Waals surface area contributed by atoms with E-state index in [1.807, 2.05) is 119 Å². The van der Waals surface area contributed by atoms with Crippen molar-refractivity contribution in [3.8, 4) is 33.5 Å². The van der Waals surface area contributed by atoms with E-state index < -0.39 is 38.5 Å². The monoisotopic (exact) mass is 1100 g/mol. The summed E-state index contributed by atoms with van der Waals surface area (Å²) in [7, 11) is 0. The molecule has 1 atom stereocenters. The number of aryl methyl sites for hydroxylation is 3. The molecule has 0 fully saturated rings. The summed E-state index contributed by atoms with van der Waals surface area (Å²) in [5.41, 5.74) is 11.2. The van der Waals surface area contributed by atoms with Crippen molar-refractivity contribution >= 4 is 49.8 Å². The summed E-state index contributed by atoms with van der Waals surface area (Å²) in [5.74, 6) is -1.82. The third kappa shape index (κ3) is 9.21. The molecule has 10 aromatic rings. The number of anilines is 2. The zero-order valence-corrected chi connectivity index (χ0v) is 42.6. The number of para-hydroxylation sites is 4. The summed E-state index contributed by atoms with van der Waals surface area (Å²) in [6, 6.07) is 55.7. The van der Waals surface area contributed by atoms with Crippen molar-refractivity contribution in [2.24, 2.45) is 0 Å². The van der Waals surface area contributed by atoms with Crippen LogP contribution in [0.1, 0.15) is 120 Å². The van der Waals surface area contributed by atoms with Gasteiger partial charge in [0.15, 0.2) is 0 Å². The second-order valence-electron chi connectivity index (χ2n) is 19.2. The Labute approximate surface area is 443 Å². The molecular formula is C65H60IrN3O. The summed E-state index contributed by atoms with van der Waals surface area (Å²) >= 11 is 0. The molecule has 1 unspecified atom stereocenters. The van der Waals surface area contributed by atoms with Crippen LogP contribution >= 0.6 is 0 Å². The van der Waals surface area contributed by atoms with Gasteiger partial charge in [0.25, 0.3) is 0 Å². The first kappa shape index (κ1) is 36.2. The minimum Gasteiger partial charge on any atom is -0.661 e. The number of furan rings is 1. The normalized spacial score (nSPS) is 16.5. The van der Waals surface area contributed by atoms with Gasteiger partial charge >= 0.3 is 20.1 Å². The van der Waals surface area contributed by atoms with Gasteiger partial charge in [-0.05, 0) is 128 Å². The van der Waals surface area contributed by atoms with Crippen molar-refractivity contribution in [3.63, 3.8) is 0 Å². The molecule has 5 heteroatoms. The number of aromatic nitrogens is 1. The summed E-state index contributed by atoms with van der Waals surface area (Å²) < 4.78 is 97.4. The molecule has 0 spiro atoms. The Kier molecular flexibility index (Phi) is 10.1. The van der Waals surface area contributed by atoms with E-state index in [0.29, 0.717) is 28.0 Å². The van der Waals surface area contributed by atoms with Crippen LogP contribution in [0.2, 0.25) is 0 Å². The molecule has 350 valence electrons. The fraction of sp³-hybridized carbons (Fsp3) is 0.215. The maximum absolute atomic E-state index is 8.84. The van der Waals surface area contributed by atoms with Crippen LogP contribution in [0.15, 0.2) is 168 Å². The van der Waals surface area contributed by atoms with E-state index in [1.165, 1.54) is 17.8 Å². The largest absolute Gasteiger partial charge is 3.00 e. The average molecular weight is 1100 g/mol. The van der Waals surface area contributed by atoms with E-state index >= 15 is 0 Å². The predicted molar refractivity (Wildman–Crippen MR) is 291 cm³/mol. The van der Waals surface area contributed by atoms with E-state index in [0.717, 1.165) is 66.4 Å². The minimum absolute atomic E-state index is 0. The van der Waals surface area contributed by atoms with Gasteiger partial charge in [-0.15, -0.1) is 23.9 Å². The number of pyridine rings is 1. The number of hydrogen-bond acceptors (Lipinski definition) is 3. The van der Waals surface area contributed by atoms with Crippen molar-refractivity contribution in [3.05, 3.63) is 220 Å². The Morgan fingerprint density at radius 2 is 1.41 bits per heavy atom. The van der Waals surface area contributed by atoms with Gasteiger partial charge in [0.2, 0.25) is 0 Å². The molecular weight excluding hydrogens is 1030 g/mol. The van der Waals surface area contributed by atoms with Gasteiger partial charge in [-0.3, -0.25) is 0 Å². The molecule has 0 saturated heterocycles. The second-order valence-corrected chi connectivity index (χ2v) is 19.2. The fourth-order valence-corrected chi connectivity index (χ4v) is 9.32. The zero-order chi connectivity index (χ0) is 57.5. The van der Waals surface area contributed by atoms with Crippen molar-refractivity contribution in [2.75, 3.05) is 4.90 Å². The molecule has 1 aliphatic heterocycles. The standard InChI is InChI=1S/C39H32NO.C26H28N2.Ir/c1-24-19-29-20-27(26-15-17-30(18-16-26)39(3,4)5)13-14-28(29)21-34(24)35-22-36(40-23-25(35)2)33-11-8-10-32-31-9-6-7-12-37(31)41-38(32)33;1-17(2)21-9-8-10-22(18(3)4)25(21)28-24-12-7-6-11-23(24)27-26(28)20-15-13-19(5)14-16-20;/h6-10,12-23H,1-5H3;6-15,17-18,26H,1-5H3;/q-1;-2;+3/i1D3,2D3;5D3,17D,18D;. The summed E-state index contributed by atoms with van der Waals surface area (Å²) in [6.07, 6.45) is 0.836.